The highest BCUT2D eigenvalue weighted by Crippen LogP contribution is 2.34. The number of anilines is 1. The maximum Gasteiger partial charge on any atom is 0.436 e. The van der Waals surface area contributed by atoms with Gasteiger partial charge in [-0.2, -0.15) is 13.2 Å². The van der Waals surface area contributed by atoms with E-state index in [1.807, 2.05) is 6.07 Å². The Labute approximate surface area is 193 Å². The number of aromatic nitrogens is 6. The number of benzene rings is 1. The molecule has 0 aliphatic heterocycles. The Balaban J connectivity index is 1.79. The molecule has 0 atom stereocenters. The Morgan fingerprint density at radius 1 is 1.06 bits per heavy atom. The SMILES string of the molecule is Cn1cc(-c2c(-c3ccccc3)nc(N)n3c(=O)n(Cc4ocnc4C(F)(F)F)nc23)ccc1=O. The summed E-state index contributed by atoms with van der Waals surface area (Å²) in [6, 6.07) is 11.8. The summed E-state index contributed by atoms with van der Waals surface area (Å²) in [6.07, 6.45) is -2.58. The third-order valence-corrected chi connectivity index (χ3v) is 5.38. The Kier molecular flexibility index (Phi) is 5.04. The average Bonchev–Trinajstić information content (AvgIpc) is 3.42. The monoisotopic (exact) mass is 483 g/mol. The summed E-state index contributed by atoms with van der Waals surface area (Å²) < 4.78 is 47.8. The summed E-state index contributed by atoms with van der Waals surface area (Å²) in [5.74, 6) is -0.793. The number of nitrogen functional groups attached to an aromatic ring is 1. The number of hydrogen-bond acceptors (Lipinski definition) is 7. The van der Waals surface area contributed by atoms with Gasteiger partial charge in [-0.1, -0.05) is 30.3 Å². The van der Waals surface area contributed by atoms with Crippen molar-refractivity contribution in [2.75, 3.05) is 5.73 Å². The molecule has 0 saturated carbocycles. The van der Waals surface area contributed by atoms with Gasteiger partial charge in [0.25, 0.3) is 0 Å². The van der Waals surface area contributed by atoms with Crippen molar-refractivity contribution in [3.05, 3.63) is 87.3 Å². The van der Waals surface area contributed by atoms with Crippen LogP contribution in [0, 0.1) is 0 Å². The second-order valence-corrected chi connectivity index (χ2v) is 7.65. The molecular weight excluding hydrogens is 467 g/mol. The van der Waals surface area contributed by atoms with E-state index in [1.54, 1.807) is 43.6 Å². The molecule has 35 heavy (non-hydrogen) atoms. The van der Waals surface area contributed by atoms with Gasteiger partial charge in [-0.05, 0) is 6.07 Å². The molecule has 0 amide bonds. The smallest absolute Gasteiger partial charge is 0.436 e. The van der Waals surface area contributed by atoms with Crippen molar-refractivity contribution in [1.29, 1.82) is 0 Å². The van der Waals surface area contributed by atoms with Crippen LogP contribution in [0.3, 0.4) is 0 Å². The predicted molar refractivity (Wildman–Crippen MR) is 118 cm³/mol. The highest BCUT2D eigenvalue weighted by Gasteiger charge is 2.38. The van der Waals surface area contributed by atoms with Gasteiger partial charge in [-0.25, -0.2) is 23.8 Å². The second kappa shape index (κ2) is 7.97. The Morgan fingerprint density at radius 2 is 1.80 bits per heavy atom. The van der Waals surface area contributed by atoms with Gasteiger partial charge in [0.1, 0.15) is 6.54 Å². The van der Waals surface area contributed by atoms with Crippen LogP contribution >= 0.6 is 0 Å². The molecule has 13 heteroatoms. The quantitative estimate of drug-likeness (QED) is 0.416. The Hall–Kier alpha value is -4.68. The molecule has 1 aromatic carbocycles. The first-order valence-corrected chi connectivity index (χ1v) is 10.2. The van der Waals surface area contributed by atoms with E-state index in [0.29, 0.717) is 28.8 Å². The van der Waals surface area contributed by atoms with E-state index in [1.165, 1.54) is 10.6 Å². The predicted octanol–water partition coefficient (Wildman–Crippen LogP) is 2.56. The van der Waals surface area contributed by atoms with Gasteiger partial charge in [-0.3, -0.25) is 4.79 Å². The lowest BCUT2D eigenvalue weighted by molar-refractivity contribution is -0.142. The summed E-state index contributed by atoms with van der Waals surface area (Å²) in [6.45, 7) is -0.637. The molecule has 0 spiro atoms. The fourth-order valence-electron chi connectivity index (χ4n) is 3.77. The number of hydrogen-bond donors (Lipinski definition) is 1. The van der Waals surface area contributed by atoms with Crippen molar-refractivity contribution in [3.8, 4) is 22.4 Å². The molecule has 0 bridgehead atoms. The van der Waals surface area contributed by atoms with Crippen molar-refractivity contribution < 1.29 is 17.6 Å². The molecule has 5 rings (SSSR count). The number of nitrogens with zero attached hydrogens (tertiary/aromatic N) is 6. The van der Waals surface area contributed by atoms with Crippen molar-refractivity contribution in [2.24, 2.45) is 7.05 Å². The van der Waals surface area contributed by atoms with Gasteiger partial charge < -0.3 is 14.7 Å². The molecule has 0 fully saturated rings. The first-order valence-electron chi connectivity index (χ1n) is 10.2. The fourth-order valence-corrected chi connectivity index (χ4v) is 3.77. The van der Waals surface area contributed by atoms with Gasteiger partial charge in [0.2, 0.25) is 11.5 Å². The zero-order valence-electron chi connectivity index (χ0n) is 18.0. The third kappa shape index (κ3) is 3.76. The first kappa shape index (κ1) is 22.1. The molecule has 0 aliphatic carbocycles. The van der Waals surface area contributed by atoms with E-state index in [0.717, 1.165) is 9.08 Å². The Bertz CT molecular complexity index is 1680. The summed E-state index contributed by atoms with van der Waals surface area (Å²) in [4.78, 5) is 32.7. The minimum absolute atomic E-state index is 0.0491. The molecule has 10 nitrogen and oxygen atoms in total. The normalized spacial score (nSPS) is 11.9. The number of pyridine rings is 1. The van der Waals surface area contributed by atoms with Gasteiger partial charge in [0, 0.05) is 30.4 Å². The fraction of sp³-hybridized carbons (Fsp3) is 0.136. The first-order chi connectivity index (χ1) is 16.6. The number of halogens is 3. The van der Waals surface area contributed by atoms with E-state index < -0.39 is 29.9 Å². The van der Waals surface area contributed by atoms with Crippen molar-refractivity contribution in [3.63, 3.8) is 0 Å². The molecule has 4 aromatic heterocycles. The van der Waals surface area contributed by atoms with Crippen LogP contribution < -0.4 is 17.0 Å². The number of rotatable bonds is 4. The van der Waals surface area contributed by atoms with E-state index >= 15 is 0 Å². The van der Waals surface area contributed by atoms with Crippen molar-refractivity contribution in [1.82, 2.24) is 28.7 Å². The van der Waals surface area contributed by atoms with Crippen molar-refractivity contribution >= 4 is 11.6 Å². The number of oxazole rings is 1. The van der Waals surface area contributed by atoms with Gasteiger partial charge in [0.15, 0.2) is 23.5 Å². The topological polar surface area (TPSA) is 126 Å². The minimum atomic E-state index is -4.77. The minimum Gasteiger partial charge on any atom is -0.446 e. The second-order valence-electron chi connectivity index (χ2n) is 7.65. The van der Waals surface area contributed by atoms with Crippen LogP contribution in [0.1, 0.15) is 11.5 Å². The van der Waals surface area contributed by atoms with E-state index in [2.05, 4.69) is 15.1 Å². The highest BCUT2D eigenvalue weighted by atomic mass is 19.4. The largest absolute Gasteiger partial charge is 0.446 e. The van der Waals surface area contributed by atoms with E-state index in [9.17, 15) is 22.8 Å². The number of alkyl halides is 3. The lowest BCUT2D eigenvalue weighted by Crippen LogP contribution is -2.24. The van der Waals surface area contributed by atoms with Crippen LogP contribution in [0.5, 0.6) is 0 Å². The maximum atomic E-state index is 13.3. The van der Waals surface area contributed by atoms with Crippen LogP contribution in [-0.2, 0) is 19.8 Å². The van der Waals surface area contributed by atoms with Gasteiger partial charge in [0.05, 0.1) is 11.3 Å². The number of aryl methyl sites for hydroxylation is 1. The van der Waals surface area contributed by atoms with Crippen LogP contribution in [0.2, 0.25) is 0 Å². The molecule has 4 heterocycles. The number of fused-ring (bicyclic) bond motifs is 1. The molecule has 0 unspecified atom stereocenters. The molecule has 2 N–H and O–H groups in total. The van der Waals surface area contributed by atoms with Crippen molar-refractivity contribution in [2.45, 2.75) is 12.7 Å². The molecule has 0 aliphatic rings. The summed E-state index contributed by atoms with van der Waals surface area (Å²) in [5, 5.41) is 4.29. The van der Waals surface area contributed by atoms with Gasteiger partial charge in [-0.15, -0.1) is 5.10 Å². The lowest BCUT2D eigenvalue weighted by Gasteiger charge is -2.12. The Morgan fingerprint density at radius 3 is 2.49 bits per heavy atom. The molecule has 0 radical (unpaired) electrons. The van der Waals surface area contributed by atoms with Gasteiger partial charge >= 0.3 is 11.9 Å². The van der Waals surface area contributed by atoms with E-state index in [4.69, 9.17) is 10.2 Å². The third-order valence-electron chi connectivity index (χ3n) is 5.38. The zero-order chi connectivity index (χ0) is 24.9. The van der Waals surface area contributed by atoms with Crippen LogP contribution in [-0.4, -0.2) is 28.7 Å². The van der Waals surface area contributed by atoms with E-state index in [-0.39, 0.29) is 17.2 Å². The molecule has 0 saturated heterocycles. The molecule has 5 aromatic rings. The maximum absolute atomic E-state index is 13.3. The zero-order valence-corrected chi connectivity index (χ0v) is 18.0. The van der Waals surface area contributed by atoms with Crippen LogP contribution in [0.25, 0.3) is 28.0 Å². The molecular formula is C22H16F3N7O3. The highest BCUT2D eigenvalue weighted by molar-refractivity contribution is 5.90. The summed E-state index contributed by atoms with van der Waals surface area (Å²) >= 11 is 0. The molecule has 178 valence electrons. The summed E-state index contributed by atoms with van der Waals surface area (Å²) in [7, 11) is 1.56. The lowest BCUT2D eigenvalue weighted by atomic mass is 10.0. The average molecular weight is 483 g/mol. The van der Waals surface area contributed by atoms with Crippen LogP contribution in [0.15, 0.2) is 69.1 Å². The number of nitrogens with two attached hydrogens (primary N) is 1. The van der Waals surface area contributed by atoms with Crippen LogP contribution in [0.4, 0.5) is 19.1 Å². The standard InChI is InChI=1S/C22H16F3N7O3/c1-30-9-13(7-8-15(30)33)16-17(12-5-3-2-4-6-12)28-20(26)32-19(16)29-31(21(32)34)10-14-18(22(23,24)25)27-11-35-14/h2-9,11H,10H2,1H3,(H2,26,28). The summed E-state index contributed by atoms with van der Waals surface area (Å²) in [5.41, 5.74) is 5.72.